The molecule has 0 amide bonds. The molecule has 0 radical (unpaired) electrons. The second-order valence-corrected chi connectivity index (χ2v) is 5.20. The van der Waals surface area contributed by atoms with Crippen molar-refractivity contribution in [3.05, 3.63) is 24.5 Å². The SMILES string of the molecule is c1cn2nc(OC3CN4CCC3CC4)ccc2n1. The van der Waals surface area contributed by atoms with Crippen LogP contribution in [-0.2, 0) is 0 Å². The summed E-state index contributed by atoms with van der Waals surface area (Å²) >= 11 is 0. The topological polar surface area (TPSA) is 42.7 Å². The maximum atomic E-state index is 6.07. The zero-order valence-electron chi connectivity index (χ0n) is 10.2. The first-order chi connectivity index (χ1) is 8.88. The van der Waals surface area contributed by atoms with E-state index >= 15 is 0 Å². The van der Waals surface area contributed by atoms with E-state index in [2.05, 4.69) is 15.0 Å². The molecule has 2 aromatic heterocycles. The van der Waals surface area contributed by atoms with Gasteiger partial charge in [0.25, 0.3) is 0 Å². The maximum Gasteiger partial charge on any atom is 0.232 e. The fourth-order valence-corrected chi connectivity index (χ4v) is 3.06. The Morgan fingerprint density at radius 1 is 1.22 bits per heavy atom. The number of hydrogen-bond donors (Lipinski definition) is 0. The molecule has 2 aromatic rings. The summed E-state index contributed by atoms with van der Waals surface area (Å²) in [6.07, 6.45) is 6.43. The van der Waals surface area contributed by atoms with Gasteiger partial charge in [-0.3, -0.25) is 4.90 Å². The standard InChI is InChI=1S/C13H16N4O/c1-2-13(15-17-8-5-14-12(1)17)18-11-9-16-6-3-10(11)4-7-16/h1-2,5,8,10-11H,3-4,6-7,9H2. The Hall–Kier alpha value is -1.62. The van der Waals surface area contributed by atoms with Gasteiger partial charge >= 0.3 is 0 Å². The minimum Gasteiger partial charge on any atom is -0.472 e. The Balaban J connectivity index is 1.56. The van der Waals surface area contributed by atoms with Gasteiger partial charge in [0.1, 0.15) is 6.10 Å². The molecule has 3 aliphatic rings. The van der Waals surface area contributed by atoms with Crippen LogP contribution in [-0.4, -0.2) is 45.2 Å². The highest BCUT2D eigenvalue weighted by Crippen LogP contribution is 2.30. The van der Waals surface area contributed by atoms with Gasteiger partial charge in [0.2, 0.25) is 5.88 Å². The number of hydrogen-bond acceptors (Lipinski definition) is 4. The molecule has 3 fully saturated rings. The van der Waals surface area contributed by atoms with Gasteiger partial charge < -0.3 is 4.74 Å². The van der Waals surface area contributed by atoms with Crippen LogP contribution in [0.4, 0.5) is 0 Å². The first-order valence-electron chi connectivity index (χ1n) is 6.58. The molecule has 5 heteroatoms. The van der Waals surface area contributed by atoms with Crippen molar-refractivity contribution < 1.29 is 4.74 Å². The average Bonchev–Trinajstić information content (AvgIpc) is 2.87. The van der Waals surface area contributed by atoms with Crippen LogP contribution in [0.3, 0.4) is 0 Å². The molecule has 0 aliphatic carbocycles. The van der Waals surface area contributed by atoms with E-state index in [1.54, 1.807) is 10.7 Å². The van der Waals surface area contributed by atoms with Gasteiger partial charge in [-0.05, 0) is 37.9 Å². The van der Waals surface area contributed by atoms with Gasteiger partial charge in [0, 0.05) is 25.0 Å². The maximum absolute atomic E-state index is 6.07. The summed E-state index contributed by atoms with van der Waals surface area (Å²) in [4.78, 5) is 6.67. The van der Waals surface area contributed by atoms with Gasteiger partial charge in [-0.15, -0.1) is 5.10 Å². The number of rotatable bonds is 2. The third-order valence-corrected chi connectivity index (χ3v) is 4.10. The van der Waals surface area contributed by atoms with Crippen LogP contribution in [0, 0.1) is 5.92 Å². The molecule has 5 heterocycles. The molecule has 1 atom stereocenters. The molecule has 0 spiro atoms. The van der Waals surface area contributed by atoms with Crippen LogP contribution >= 0.6 is 0 Å². The largest absolute Gasteiger partial charge is 0.472 e. The minimum atomic E-state index is 0.306. The Morgan fingerprint density at radius 3 is 2.89 bits per heavy atom. The molecule has 5 nitrogen and oxygen atoms in total. The van der Waals surface area contributed by atoms with E-state index in [9.17, 15) is 0 Å². The molecule has 94 valence electrons. The molecule has 3 aliphatic heterocycles. The summed E-state index contributed by atoms with van der Waals surface area (Å²) < 4.78 is 7.83. The van der Waals surface area contributed by atoms with Crippen molar-refractivity contribution in [3.8, 4) is 5.88 Å². The average molecular weight is 244 g/mol. The van der Waals surface area contributed by atoms with E-state index in [4.69, 9.17) is 4.74 Å². The highest BCUT2D eigenvalue weighted by atomic mass is 16.5. The van der Waals surface area contributed by atoms with E-state index in [1.807, 2.05) is 18.3 Å². The van der Waals surface area contributed by atoms with Crippen molar-refractivity contribution in [2.75, 3.05) is 19.6 Å². The van der Waals surface area contributed by atoms with E-state index in [0.29, 0.717) is 17.9 Å². The summed E-state index contributed by atoms with van der Waals surface area (Å²) in [7, 11) is 0. The summed E-state index contributed by atoms with van der Waals surface area (Å²) in [5, 5.41) is 4.43. The number of piperidine rings is 3. The van der Waals surface area contributed by atoms with Gasteiger partial charge in [0.15, 0.2) is 5.65 Å². The Labute approximate surface area is 105 Å². The Bertz CT molecular complexity index is 559. The van der Waals surface area contributed by atoms with Crippen LogP contribution in [0.2, 0.25) is 0 Å². The van der Waals surface area contributed by atoms with Crippen LogP contribution in [0.25, 0.3) is 5.65 Å². The van der Waals surface area contributed by atoms with E-state index in [-0.39, 0.29) is 0 Å². The predicted octanol–water partition coefficient (Wildman–Crippen LogP) is 1.20. The lowest BCUT2D eigenvalue weighted by Crippen LogP contribution is -2.52. The smallest absolute Gasteiger partial charge is 0.232 e. The quantitative estimate of drug-likeness (QED) is 0.796. The van der Waals surface area contributed by atoms with Crippen LogP contribution < -0.4 is 4.74 Å². The van der Waals surface area contributed by atoms with Crippen molar-refractivity contribution in [3.63, 3.8) is 0 Å². The van der Waals surface area contributed by atoms with E-state index in [0.717, 1.165) is 12.2 Å². The highest BCUT2D eigenvalue weighted by molar-refractivity contribution is 5.37. The normalized spacial score (nSPS) is 30.8. The molecule has 2 bridgehead atoms. The van der Waals surface area contributed by atoms with Crippen molar-refractivity contribution >= 4 is 5.65 Å². The third kappa shape index (κ3) is 1.66. The number of ether oxygens (including phenoxy) is 1. The third-order valence-electron chi connectivity index (χ3n) is 4.10. The molecule has 3 saturated heterocycles. The number of imidazole rings is 1. The van der Waals surface area contributed by atoms with Gasteiger partial charge in [-0.1, -0.05) is 0 Å². The molecular formula is C13H16N4O. The minimum absolute atomic E-state index is 0.306. The lowest BCUT2D eigenvalue weighted by molar-refractivity contribution is -0.0105. The molecule has 18 heavy (non-hydrogen) atoms. The fraction of sp³-hybridized carbons (Fsp3) is 0.538. The highest BCUT2D eigenvalue weighted by Gasteiger charge is 2.35. The zero-order valence-corrected chi connectivity index (χ0v) is 10.2. The molecule has 5 rings (SSSR count). The van der Waals surface area contributed by atoms with Crippen LogP contribution in [0.1, 0.15) is 12.8 Å². The first-order valence-corrected chi connectivity index (χ1v) is 6.58. The van der Waals surface area contributed by atoms with Crippen molar-refractivity contribution in [1.29, 1.82) is 0 Å². The summed E-state index contributed by atoms with van der Waals surface area (Å²) in [5.74, 6) is 1.41. The molecule has 0 aromatic carbocycles. The van der Waals surface area contributed by atoms with Gasteiger partial charge in [-0.2, -0.15) is 0 Å². The van der Waals surface area contributed by atoms with Crippen molar-refractivity contribution in [1.82, 2.24) is 19.5 Å². The molecule has 0 N–H and O–H groups in total. The lowest BCUT2D eigenvalue weighted by atomic mass is 9.86. The monoisotopic (exact) mass is 244 g/mol. The second-order valence-electron chi connectivity index (χ2n) is 5.20. The zero-order chi connectivity index (χ0) is 11.9. The van der Waals surface area contributed by atoms with Crippen molar-refractivity contribution in [2.24, 2.45) is 5.92 Å². The summed E-state index contributed by atoms with van der Waals surface area (Å²) in [5.41, 5.74) is 0.858. The van der Waals surface area contributed by atoms with E-state index < -0.39 is 0 Å². The Morgan fingerprint density at radius 2 is 2.11 bits per heavy atom. The van der Waals surface area contributed by atoms with Gasteiger partial charge in [-0.25, -0.2) is 9.50 Å². The Kier molecular flexibility index (Phi) is 2.26. The molecule has 0 saturated carbocycles. The number of fused-ring (bicyclic) bond motifs is 4. The summed E-state index contributed by atoms with van der Waals surface area (Å²) in [6.45, 7) is 3.52. The van der Waals surface area contributed by atoms with Gasteiger partial charge in [0.05, 0.1) is 0 Å². The molecule has 1 unspecified atom stereocenters. The van der Waals surface area contributed by atoms with Crippen LogP contribution in [0.15, 0.2) is 24.5 Å². The number of aromatic nitrogens is 3. The second kappa shape index (κ2) is 3.95. The number of nitrogens with zero attached hydrogens (tertiary/aromatic N) is 4. The lowest BCUT2D eigenvalue weighted by Gasteiger charge is -2.44. The van der Waals surface area contributed by atoms with Crippen molar-refractivity contribution in [2.45, 2.75) is 18.9 Å². The first kappa shape index (κ1) is 10.3. The summed E-state index contributed by atoms with van der Waals surface area (Å²) in [6, 6.07) is 3.86. The molecular weight excluding hydrogens is 228 g/mol. The predicted molar refractivity (Wildman–Crippen MR) is 66.6 cm³/mol. The van der Waals surface area contributed by atoms with E-state index in [1.165, 1.54) is 25.9 Å². The van der Waals surface area contributed by atoms with Crippen LogP contribution in [0.5, 0.6) is 5.88 Å². The fourth-order valence-electron chi connectivity index (χ4n) is 3.06.